The van der Waals surface area contributed by atoms with Gasteiger partial charge in [-0.15, -0.1) is 0 Å². The molecule has 5 nitrogen and oxygen atoms in total. The van der Waals surface area contributed by atoms with Crippen molar-refractivity contribution in [3.05, 3.63) is 47.7 Å². The molecule has 1 unspecified atom stereocenters. The zero-order chi connectivity index (χ0) is 16.2. The van der Waals surface area contributed by atoms with Crippen molar-refractivity contribution in [1.82, 2.24) is 0 Å². The zero-order valence-corrected chi connectivity index (χ0v) is 13.4. The van der Waals surface area contributed by atoms with Crippen LogP contribution in [-0.4, -0.2) is 40.2 Å². The Labute approximate surface area is 131 Å². The number of aryl methyl sites for hydroxylation is 1. The van der Waals surface area contributed by atoms with E-state index in [0.717, 1.165) is 12.8 Å². The number of hydrogen-bond donors (Lipinski definition) is 0. The van der Waals surface area contributed by atoms with Gasteiger partial charge in [-0.05, 0) is 18.4 Å². The molecule has 0 saturated carbocycles. The molecule has 0 aliphatic heterocycles. The Kier molecular flexibility index (Phi) is 8.95. The molecule has 0 spiro atoms. The smallest absolute Gasteiger partial charge is 0.333 e. The van der Waals surface area contributed by atoms with Crippen LogP contribution in [-0.2, 0) is 30.2 Å². The highest BCUT2D eigenvalue weighted by Gasteiger charge is 2.14. The second-order valence-corrected chi connectivity index (χ2v) is 4.76. The molecule has 122 valence electrons. The predicted octanol–water partition coefficient (Wildman–Crippen LogP) is 2.70. The third-order valence-electron chi connectivity index (χ3n) is 3.19. The molecule has 0 saturated heterocycles. The Morgan fingerprint density at radius 2 is 1.86 bits per heavy atom. The maximum atomic E-state index is 11.3. The number of carbonyl (C=O) groups excluding carboxylic acids is 1. The number of esters is 1. The molecule has 0 heterocycles. The van der Waals surface area contributed by atoms with Crippen LogP contribution < -0.4 is 0 Å². The summed E-state index contributed by atoms with van der Waals surface area (Å²) in [4.78, 5) is 11.3. The van der Waals surface area contributed by atoms with Crippen LogP contribution in [0, 0.1) is 0 Å². The van der Waals surface area contributed by atoms with Gasteiger partial charge in [-0.2, -0.15) is 0 Å². The molecule has 0 aliphatic rings. The van der Waals surface area contributed by atoms with E-state index in [2.05, 4.69) is 16.9 Å². The van der Waals surface area contributed by atoms with Crippen molar-refractivity contribution in [2.45, 2.75) is 25.4 Å². The fourth-order valence-corrected chi connectivity index (χ4v) is 2.00. The van der Waals surface area contributed by atoms with Crippen molar-refractivity contribution in [3.63, 3.8) is 0 Å². The lowest BCUT2D eigenvalue weighted by atomic mass is 10.0. The van der Waals surface area contributed by atoms with Gasteiger partial charge in [0.25, 0.3) is 0 Å². The van der Waals surface area contributed by atoms with Gasteiger partial charge in [0.1, 0.15) is 12.6 Å². The number of hydrogen-bond acceptors (Lipinski definition) is 5. The Hall–Kier alpha value is -1.85. The Balaban J connectivity index is 2.62. The summed E-state index contributed by atoms with van der Waals surface area (Å²) in [5.41, 5.74) is 1.24. The van der Waals surface area contributed by atoms with Gasteiger partial charge in [-0.25, -0.2) is 4.79 Å². The summed E-state index contributed by atoms with van der Waals surface area (Å²) in [5.74, 6) is 0.0893. The first-order valence-electron chi connectivity index (χ1n) is 7.16. The largest absolute Gasteiger partial charge is 0.501 e. The molecule has 1 atom stereocenters. The average molecular weight is 308 g/mol. The first-order chi connectivity index (χ1) is 10.7. The lowest BCUT2D eigenvalue weighted by Gasteiger charge is -2.18. The highest BCUT2D eigenvalue weighted by molar-refractivity contribution is 5.82. The SMILES string of the molecule is COCOC(CCc1ccccc1)C/C(=C\C(=O)OC)OC. The van der Waals surface area contributed by atoms with Crippen LogP contribution in [0.25, 0.3) is 0 Å². The van der Waals surface area contributed by atoms with E-state index < -0.39 is 5.97 Å². The van der Waals surface area contributed by atoms with E-state index >= 15 is 0 Å². The van der Waals surface area contributed by atoms with Crippen molar-refractivity contribution < 1.29 is 23.7 Å². The molecule has 5 heteroatoms. The summed E-state index contributed by atoms with van der Waals surface area (Å²) in [6.45, 7) is 0.203. The minimum absolute atomic E-state index is 0.101. The molecule has 0 aromatic heterocycles. The Bertz CT molecular complexity index is 455. The zero-order valence-electron chi connectivity index (χ0n) is 13.4. The fraction of sp³-hybridized carbons (Fsp3) is 0.471. The molecular weight excluding hydrogens is 284 g/mol. The van der Waals surface area contributed by atoms with Crippen LogP contribution in [0.5, 0.6) is 0 Å². The second-order valence-electron chi connectivity index (χ2n) is 4.76. The first-order valence-corrected chi connectivity index (χ1v) is 7.16. The maximum Gasteiger partial charge on any atom is 0.333 e. The van der Waals surface area contributed by atoms with Gasteiger partial charge in [-0.3, -0.25) is 0 Å². The third-order valence-corrected chi connectivity index (χ3v) is 3.19. The molecule has 0 amide bonds. The van der Waals surface area contributed by atoms with E-state index in [-0.39, 0.29) is 12.9 Å². The van der Waals surface area contributed by atoms with Crippen molar-refractivity contribution in [2.75, 3.05) is 28.1 Å². The summed E-state index contributed by atoms with van der Waals surface area (Å²) >= 11 is 0. The highest BCUT2D eigenvalue weighted by atomic mass is 16.7. The molecule has 0 aliphatic carbocycles. The molecular formula is C17H24O5. The number of ether oxygens (including phenoxy) is 4. The van der Waals surface area contributed by atoms with Crippen LogP contribution in [0.2, 0.25) is 0 Å². The van der Waals surface area contributed by atoms with Gasteiger partial charge in [0.15, 0.2) is 0 Å². The van der Waals surface area contributed by atoms with Gasteiger partial charge >= 0.3 is 5.97 Å². The summed E-state index contributed by atoms with van der Waals surface area (Å²) in [6, 6.07) is 10.2. The van der Waals surface area contributed by atoms with Crippen molar-refractivity contribution in [3.8, 4) is 0 Å². The van der Waals surface area contributed by atoms with Crippen LogP contribution in [0.4, 0.5) is 0 Å². The van der Waals surface area contributed by atoms with Crippen LogP contribution >= 0.6 is 0 Å². The Morgan fingerprint density at radius 1 is 1.14 bits per heavy atom. The molecule has 0 bridgehead atoms. The van der Waals surface area contributed by atoms with E-state index in [1.807, 2.05) is 18.2 Å². The number of benzene rings is 1. The lowest BCUT2D eigenvalue weighted by molar-refractivity contribution is -0.135. The quantitative estimate of drug-likeness (QED) is 0.288. The minimum Gasteiger partial charge on any atom is -0.501 e. The van der Waals surface area contributed by atoms with Gasteiger partial charge in [0.2, 0.25) is 0 Å². The number of methoxy groups -OCH3 is 3. The fourth-order valence-electron chi connectivity index (χ4n) is 2.00. The lowest BCUT2D eigenvalue weighted by Crippen LogP contribution is -2.17. The van der Waals surface area contributed by atoms with E-state index in [1.165, 1.54) is 25.9 Å². The maximum absolute atomic E-state index is 11.3. The van der Waals surface area contributed by atoms with Crippen LogP contribution in [0.15, 0.2) is 42.2 Å². The molecule has 1 rings (SSSR count). The second kappa shape index (κ2) is 10.8. The van der Waals surface area contributed by atoms with E-state index in [0.29, 0.717) is 12.2 Å². The predicted molar refractivity (Wildman–Crippen MR) is 83.2 cm³/mol. The van der Waals surface area contributed by atoms with Crippen LogP contribution in [0.3, 0.4) is 0 Å². The summed E-state index contributed by atoms with van der Waals surface area (Å²) in [5, 5.41) is 0. The molecule has 1 aromatic rings. The van der Waals surface area contributed by atoms with Crippen LogP contribution in [0.1, 0.15) is 18.4 Å². The monoisotopic (exact) mass is 308 g/mol. The average Bonchev–Trinajstić information content (AvgIpc) is 2.57. The number of carbonyl (C=O) groups is 1. The minimum atomic E-state index is -0.439. The van der Waals surface area contributed by atoms with Gasteiger partial charge in [-0.1, -0.05) is 30.3 Å². The van der Waals surface area contributed by atoms with E-state index in [4.69, 9.17) is 14.2 Å². The van der Waals surface area contributed by atoms with Gasteiger partial charge in [0, 0.05) is 13.5 Å². The standard InChI is InChI=1S/C17H24O5/c1-19-13-22-15(10-9-14-7-5-4-6-8-14)11-16(20-2)12-17(18)21-3/h4-8,12,15H,9-11,13H2,1-3H3/b16-12+. The van der Waals surface area contributed by atoms with Crippen molar-refractivity contribution >= 4 is 5.97 Å². The normalized spacial score (nSPS) is 12.8. The van der Waals surface area contributed by atoms with Crippen molar-refractivity contribution in [1.29, 1.82) is 0 Å². The highest BCUT2D eigenvalue weighted by Crippen LogP contribution is 2.16. The number of rotatable bonds is 10. The molecule has 0 N–H and O–H groups in total. The van der Waals surface area contributed by atoms with Crippen molar-refractivity contribution in [2.24, 2.45) is 0 Å². The summed E-state index contributed by atoms with van der Waals surface area (Å²) < 4.78 is 20.5. The van der Waals surface area contributed by atoms with E-state index in [9.17, 15) is 4.79 Å². The third kappa shape index (κ3) is 7.24. The van der Waals surface area contributed by atoms with Gasteiger partial charge in [0.05, 0.1) is 26.4 Å². The van der Waals surface area contributed by atoms with Gasteiger partial charge < -0.3 is 18.9 Å². The molecule has 0 radical (unpaired) electrons. The molecule has 1 aromatic carbocycles. The molecule has 0 fully saturated rings. The Morgan fingerprint density at radius 3 is 2.45 bits per heavy atom. The van der Waals surface area contributed by atoms with E-state index in [1.54, 1.807) is 7.11 Å². The summed E-state index contributed by atoms with van der Waals surface area (Å²) in [6.07, 6.45) is 3.41. The first kappa shape index (κ1) is 18.2. The topological polar surface area (TPSA) is 54.0 Å². The molecule has 22 heavy (non-hydrogen) atoms. The summed E-state index contributed by atoms with van der Waals surface area (Å²) in [7, 11) is 4.44.